The first-order valence-electron chi connectivity index (χ1n) is 19.6. The van der Waals surface area contributed by atoms with Gasteiger partial charge >= 0.3 is 0 Å². The smallest absolute Gasteiger partial charge is 0.135 e. The molecule has 0 atom stereocenters. The van der Waals surface area contributed by atoms with E-state index in [4.69, 9.17) is 14.4 Å². The molecule has 6 nitrogen and oxygen atoms in total. The van der Waals surface area contributed by atoms with Crippen LogP contribution in [-0.2, 0) is 0 Å². The Labute approximate surface area is 331 Å². The Balaban J connectivity index is 0.973. The van der Waals surface area contributed by atoms with Crippen LogP contribution in [0.25, 0.3) is 116 Å². The predicted octanol–water partition coefficient (Wildman–Crippen LogP) is 13.3. The predicted molar refractivity (Wildman–Crippen MR) is 238 cm³/mol. The lowest BCUT2D eigenvalue weighted by Gasteiger charge is -2.11. The summed E-state index contributed by atoms with van der Waals surface area (Å²) in [6.45, 7) is 0. The number of benzene rings is 7. The average Bonchev–Trinajstić information content (AvgIpc) is 4.02. The van der Waals surface area contributed by atoms with Gasteiger partial charge in [-0.25, -0.2) is 0 Å². The third kappa shape index (κ3) is 4.37. The summed E-state index contributed by atoms with van der Waals surface area (Å²) in [5, 5.41) is 6.88. The van der Waals surface area contributed by atoms with Crippen molar-refractivity contribution < 1.29 is 4.42 Å². The van der Waals surface area contributed by atoms with Crippen LogP contribution in [0.3, 0.4) is 0 Å². The lowest BCUT2D eigenvalue weighted by molar-refractivity contribution is 0.669. The molecule has 0 aliphatic rings. The summed E-state index contributed by atoms with van der Waals surface area (Å²) in [5.74, 6) is 0. The van der Waals surface area contributed by atoms with Crippen LogP contribution in [-0.4, -0.2) is 23.7 Å². The molecule has 0 N–H and O–H groups in total. The Morgan fingerprint density at radius 3 is 1.57 bits per heavy atom. The highest BCUT2D eigenvalue weighted by Crippen LogP contribution is 2.40. The highest BCUT2D eigenvalue weighted by Gasteiger charge is 2.19. The molecule has 6 heterocycles. The highest BCUT2D eigenvalue weighted by molar-refractivity contribution is 6.13. The van der Waals surface area contributed by atoms with Crippen molar-refractivity contribution in [1.82, 2.24) is 23.7 Å². The molecule has 0 spiro atoms. The number of fused-ring (bicyclic) bond motifs is 12. The first kappa shape index (κ1) is 31.3. The lowest BCUT2D eigenvalue weighted by Crippen LogP contribution is -1.95. The minimum Gasteiger partial charge on any atom is -0.456 e. The van der Waals surface area contributed by atoms with E-state index in [2.05, 4.69) is 165 Å². The quantitative estimate of drug-likeness (QED) is 0.180. The number of para-hydroxylation sites is 3. The third-order valence-electron chi connectivity index (χ3n) is 11.9. The van der Waals surface area contributed by atoms with E-state index in [1.165, 1.54) is 16.3 Å². The van der Waals surface area contributed by atoms with Crippen LogP contribution in [0.1, 0.15) is 0 Å². The normalized spacial score (nSPS) is 12.1. The second-order valence-electron chi connectivity index (χ2n) is 15.0. The SMILES string of the molecule is c1ccc(-n2c3ccc(-n4c5ccccc5c5cc(-c6ccc7c(c6)c6ncccc6n7-c6ccc7oc8ccccc8c7c6)ccc54)cc3c3ncccc32)cc1. The van der Waals surface area contributed by atoms with E-state index in [9.17, 15) is 0 Å². The average molecular weight is 742 g/mol. The zero-order chi connectivity index (χ0) is 37.9. The van der Waals surface area contributed by atoms with Crippen LogP contribution in [0.5, 0.6) is 0 Å². The second-order valence-corrected chi connectivity index (χ2v) is 15.0. The number of aromatic nitrogens is 5. The largest absolute Gasteiger partial charge is 0.456 e. The van der Waals surface area contributed by atoms with E-state index in [0.717, 1.165) is 99.5 Å². The Bertz CT molecular complexity index is 3810. The zero-order valence-electron chi connectivity index (χ0n) is 31.0. The molecular formula is C52H31N5O. The molecule has 0 unspecified atom stereocenters. The van der Waals surface area contributed by atoms with Crippen molar-refractivity contribution >= 4 is 87.6 Å². The molecule has 0 aliphatic carbocycles. The molecule has 13 aromatic rings. The first-order chi connectivity index (χ1) is 28.8. The Kier molecular flexibility index (Phi) is 6.35. The molecule has 0 bridgehead atoms. The maximum atomic E-state index is 6.17. The number of nitrogens with zero attached hydrogens (tertiary/aromatic N) is 5. The van der Waals surface area contributed by atoms with Gasteiger partial charge in [0, 0.05) is 61.8 Å². The standard InChI is InChI=1S/C52H31N5O/c1-2-10-34(11-3-1)55-46-24-20-35(31-42(46)52-47(55)15-8-27-54-52)56-43-14-6-4-12-37(43)39-28-32(18-22-44(39)56)33-19-23-45-41(29-33)51-48(16-9-26-53-51)57(45)36-21-25-50-40(30-36)38-13-5-7-17-49(38)58-50/h1-31H. The van der Waals surface area contributed by atoms with Gasteiger partial charge in [0.25, 0.3) is 0 Å². The minimum absolute atomic E-state index is 0.885. The van der Waals surface area contributed by atoms with Gasteiger partial charge in [-0.05, 0) is 120 Å². The molecular weight excluding hydrogens is 711 g/mol. The number of hydrogen-bond acceptors (Lipinski definition) is 3. The second kappa shape index (κ2) is 11.8. The summed E-state index contributed by atoms with van der Waals surface area (Å²) in [5.41, 5.74) is 16.1. The molecule has 270 valence electrons. The summed E-state index contributed by atoms with van der Waals surface area (Å²) in [6.07, 6.45) is 3.78. The van der Waals surface area contributed by atoms with E-state index in [1.807, 2.05) is 36.7 Å². The Hall–Kier alpha value is -7.96. The van der Waals surface area contributed by atoms with Crippen LogP contribution >= 0.6 is 0 Å². The van der Waals surface area contributed by atoms with Crippen molar-refractivity contribution in [2.45, 2.75) is 0 Å². The minimum atomic E-state index is 0.885. The van der Waals surface area contributed by atoms with Gasteiger partial charge in [-0.1, -0.05) is 66.7 Å². The van der Waals surface area contributed by atoms with Crippen molar-refractivity contribution in [3.63, 3.8) is 0 Å². The van der Waals surface area contributed by atoms with E-state index < -0.39 is 0 Å². The van der Waals surface area contributed by atoms with Crippen molar-refractivity contribution in [1.29, 1.82) is 0 Å². The highest BCUT2D eigenvalue weighted by atomic mass is 16.3. The van der Waals surface area contributed by atoms with Crippen molar-refractivity contribution in [3.8, 4) is 28.2 Å². The molecule has 6 aromatic heterocycles. The van der Waals surface area contributed by atoms with E-state index in [0.29, 0.717) is 0 Å². The van der Waals surface area contributed by atoms with Gasteiger partial charge in [0.15, 0.2) is 0 Å². The Morgan fingerprint density at radius 2 is 0.810 bits per heavy atom. The fourth-order valence-corrected chi connectivity index (χ4v) is 9.39. The van der Waals surface area contributed by atoms with E-state index >= 15 is 0 Å². The van der Waals surface area contributed by atoms with Crippen molar-refractivity contribution in [2.24, 2.45) is 0 Å². The summed E-state index contributed by atoms with van der Waals surface area (Å²) in [7, 11) is 0. The van der Waals surface area contributed by atoms with Crippen molar-refractivity contribution in [3.05, 3.63) is 188 Å². The molecule has 0 fully saturated rings. The van der Waals surface area contributed by atoms with Gasteiger partial charge in [0.05, 0.1) is 44.1 Å². The molecule has 0 saturated heterocycles. The maximum absolute atomic E-state index is 6.17. The fourth-order valence-electron chi connectivity index (χ4n) is 9.39. The van der Waals surface area contributed by atoms with Gasteiger partial charge in [0.2, 0.25) is 0 Å². The topological polar surface area (TPSA) is 53.7 Å². The van der Waals surface area contributed by atoms with Gasteiger partial charge < -0.3 is 18.1 Å². The van der Waals surface area contributed by atoms with Crippen LogP contribution in [0.2, 0.25) is 0 Å². The van der Waals surface area contributed by atoms with Gasteiger partial charge in [0.1, 0.15) is 11.2 Å². The van der Waals surface area contributed by atoms with Crippen LogP contribution in [0.4, 0.5) is 0 Å². The number of rotatable bonds is 4. The molecule has 58 heavy (non-hydrogen) atoms. The third-order valence-corrected chi connectivity index (χ3v) is 11.9. The van der Waals surface area contributed by atoms with E-state index in [1.54, 1.807) is 0 Å². The number of furan rings is 1. The maximum Gasteiger partial charge on any atom is 0.135 e. The molecule has 0 aliphatic heterocycles. The summed E-state index contributed by atoms with van der Waals surface area (Å²) in [4.78, 5) is 9.82. The molecule has 0 saturated carbocycles. The lowest BCUT2D eigenvalue weighted by atomic mass is 10.0. The van der Waals surface area contributed by atoms with Gasteiger partial charge in [-0.3, -0.25) is 9.97 Å². The van der Waals surface area contributed by atoms with Gasteiger partial charge in [-0.15, -0.1) is 0 Å². The molecule has 7 aromatic carbocycles. The van der Waals surface area contributed by atoms with Crippen LogP contribution in [0, 0.1) is 0 Å². The van der Waals surface area contributed by atoms with Crippen molar-refractivity contribution in [2.75, 3.05) is 0 Å². The summed E-state index contributed by atoms with van der Waals surface area (Å²) >= 11 is 0. The van der Waals surface area contributed by atoms with E-state index in [-0.39, 0.29) is 0 Å². The number of hydrogen-bond donors (Lipinski definition) is 0. The summed E-state index contributed by atoms with van der Waals surface area (Å²) < 4.78 is 13.2. The van der Waals surface area contributed by atoms with Crippen LogP contribution < -0.4 is 0 Å². The monoisotopic (exact) mass is 741 g/mol. The first-order valence-corrected chi connectivity index (χ1v) is 19.6. The fraction of sp³-hybridized carbons (Fsp3) is 0. The molecule has 0 radical (unpaired) electrons. The molecule has 0 amide bonds. The zero-order valence-corrected chi connectivity index (χ0v) is 31.0. The van der Waals surface area contributed by atoms with Crippen LogP contribution in [0.15, 0.2) is 193 Å². The Morgan fingerprint density at radius 1 is 0.310 bits per heavy atom. The van der Waals surface area contributed by atoms with Gasteiger partial charge in [-0.2, -0.15) is 0 Å². The molecule has 6 heteroatoms. The summed E-state index contributed by atoms with van der Waals surface area (Å²) in [6, 6.07) is 62.7. The molecule has 13 rings (SSSR count). The number of pyridine rings is 2.